The van der Waals surface area contributed by atoms with Crippen LogP contribution in [0.4, 0.5) is 5.69 Å². The summed E-state index contributed by atoms with van der Waals surface area (Å²) in [6.45, 7) is 0.508. The molecular weight excluding hydrogens is 316 g/mol. The van der Waals surface area contributed by atoms with Gasteiger partial charge in [-0.3, -0.25) is 4.79 Å². The molecule has 0 unspecified atom stereocenters. The van der Waals surface area contributed by atoms with Crippen LogP contribution in [0.2, 0.25) is 5.02 Å². The first-order valence-corrected chi connectivity index (χ1v) is 8.19. The van der Waals surface area contributed by atoms with Crippen LogP contribution in [-0.2, 0) is 6.54 Å². The number of anilines is 1. The van der Waals surface area contributed by atoms with Crippen molar-refractivity contribution in [3.8, 4) is 5.88 Å². The Labute approximate surface area is 139 Å². The van der Waals surface area contributed by atoms with Crippen LogP contribution in [0, 0.1) is 0 Å². The van der Waals surface area contributed by atoms with Crippen LogP contribution >= 0.6 is 11.6 Å². The zero-order valence-electron chi connectivity index (χ0n) is 12.7. The lowest BCUT2D eigenvalue weighted by atomic mass is 9.98. The van der Waals surface area contributed by atoms with Gasteiger partial charge in [0.2, 0.25) is 5.88 Å². The van der Waals surface area contributed by atoms with Gasteiger partial charge in [-0.25, -0.2) is 10.1 Å². The number of hydrogen-bond donors (Lipinski definition) is 2. The minimum atomic E-state index is -0.410. The van der Waals surface area contributed by atoms with Gasteiger partial charge in [0.25, 0.3) is 5.56 Å². The van der Waals surface area contributed by atoms with Crippen LogP contribution < -0.4 is 15.6 Å². The number of nitrogens with one attached hydrogen (secondary N) is 2. The van der Waals surface area contributed by atoms with Crippen LogP contribution in [-0.4, -0.2) is 21.3 Å². The first-order valence-electron chi connectivity index (χ1n) is 7.81. The molecule has 2 aromatic rings. The molecule has 1 aliphatic rings. The van der Waals surface area contributed by atoms with E-state index in [4.69, 9.17) is 16.3 Å². The molecule has 122 valence electrons. The largest absolute Gasteiger partial charge is 0.474 e. The number of nitrogens with zero attached hydrogens (tertiary/aromatic N) is 2. The molecule has 0 aromatic carbocycles. The first-order chi connectivity index (χ1) is 11.2. The van der Waals surface area contributed by atoms with E-state index in [0.717, 1.165) is 18.4 Å². The smallest absolute Gasteiger partial charge is 0.285 e. The predicted molar refractivity (Wildman–Crippen MR) is 88.9 cm³/mol. The number of rotatable bonds is 5. The molecule has 6 nitrogen and oxygen atoms in total. The Morgan fingerprint density at radius 3 is 3.00 bits per heavy atom. The minimum absolute atomic E-state index is 0.104. The monoisotopic (exact) mass is 334 g/mol. The van der Waals surface area contributed by atoms with Gasteiger partial charge in [-0.2, -0.15) is 5.10 Å². The van der Waals surface area contributed by atoms with Gasteiger partial charge in [0.15, 0.2) is 0 Å². The van der Waals surface area contributed by atoms with E-state index < -0.39 is 5.56 Å². The Morgan fingerprint density at radius 1 is 1.35 bits per heavy atom. The second kappa shape index (κ2) is 7.46. The summed E-state index contributed by atoms with van der Waals surface area (Å²) in [5.74, 6) is 0.645. The summed E-state index contributed by atoms with van der Waals surface area (Å²) in [7, 11) is 0. The number of pyridine rings is 1. The molecule has 0 spiro atoms. The van der Waals surface area contributed by atoms with Gasteiger partial charge in [0, 0.05) is 18.8 Å². The van der Waals surface area contributed by atoms with Crippen molar-refractivity contribution in [2.75, 3.05) is 5.32 Å². The van der Waals surface area contributed by atoms with E-state index in [1.807, 2.05) is 12.1 Å². The first kappa shape index (κ1) is 15.8. The Kier molecular flexibility index (Phi) is 5.12. The highest BCUT2D eigenvalue weighted by Gasteiger charge is 2.15. The zero-order valence-corrected chi connectivity index (χ0v) is 13.5. The van der Waals surface area contributed by atoms with Crippen molar-refractivity contribution in [1.82, 2.24) is 15.2 Å². The molecule has 0 saturated heterocycles. The maximum Gasteiger partial charge on any atom is 0.285 e. The van der Waals surface area contributed by atoms with Gasteiger partial charge in [-0.1, -0.05) is 18.0 Å². The van der Waals surface area contributed by atoms with Crippen LogP contribution in [0.15, 0.2) is 29.3 Å². The topological polar surface area (TPSA) is 79.9 Å². The lowest BCUT2D eigenvalue weighted by Crippen LogP contribution is -2.20. The minimum Gasteiger partial charge on any atom is -0.474 e. The van der Waals surface area contributed by atoms with Gasteiger partial charge in [0.05, 0.1) is 11.9 Å². The normalized spacial score (nSPS) is 15.3. The van der Waals surface area contributed by atoms with Crippen molar-refractivity contribution in [1.29, 1.82) is 0 Å². The van der Waals surface area contributed by atoms with E-state index in [0.29, 0.717) is 18.1 Å². The summed E-state index contributed by atoms with van der Waals surface area (Å²) in [6.07, 6.45) is 9.42. The molecule has 0 bridgehead atoms. The maximum absolute atomic E-state index is 11.4. The van der Waals surface area contributed by atoms with Crippen LogP contribution in [0.5, 0.6) is 5.88 Å². The highest BCUT2D eigenvalue weighted by atomic mass is 35.5. The SMILES string of the molecule is O=c1[nH]ncc(NCc2ccnc(OC3CCCCC3)c2)c1Cl. The number of ether oxygens (including phenoxy) is 1. The number of hydrogen-bond acceptors (Lipinski definition) is 5. The molecular formula is C16H19ClN4O2. The molecule has 23 heavy (non-hydrogen) atoms. The summed E-state index contributed by atoms with van der Waals surface area (Å²) in [6, 6.07) is 3.81. The molecule has 0 radical (unpaired) electrons. The lowest BCUT2D eigenvalue weighted by Gasteiger charge is -2.22. The van der Waals surface area contributed by atoms with Gasteiger partial charge < -0.3 is 10.1 Å². The second-order valence-corrected chi connectivity index (χ2v) is 6.04. The molecule has 0 aliphatic heterocycles. The van der Waals surface area contributed by atoms with E-state index >= 15 is 0 Å². The van der Waals surface area contributed by atoms with Gasteiger partial charge in [0.1, 0.15) is 11.1 Å². The second-order valence-electron chi connectivity index (χ2n) is 5.66. The molecule has 0 amide bonds. The molecule has 0 atom stereocenters. The third kappa shape index (κ3) is 4.22. The van der Waals surface area contributed by atoms with Crippen molar-refractivity contribution in [2.24, 2.45) is 0 Å². The van der Waals surface area contributed by atoms with Crippen LogP contribution in [0.1, 0.15) is 37.7 Å². The fourth-order valence-corrected chi connectivity index (χ4v) is 2.84. The quantitative estimate of drug-likeness (QED) is 0.878. The van der Waals surface area contributed by atoms with Gasteiger partial charge in [-0.05, 0) is 37.3 Å². The zero-order chi connectivity index (χ0) is 16.1. The summed E-state index contributed by atoms with van der Waals surface area (Å²) in [4.78, 5) is 15.7. The third-order valence-corrected chi connectivity index (χ3v) is 4.29. The molecule has 2 N–H and O–H groups in total. The highest BCUT2D eigenvalue weighted by molar-refractivity contribution is 6.32. The average Bonchev–Trinajstić information content (AvgIpc) is 2.57. The summed E-state index contributed by atoms with van der Waals surface area (Å²) in [5.41, 5.74) is 1.09. The van der Waals surface area contributed by atoms with Crippen molar-refractivity contribution in [3.63, 3.8) is 0 Å². The number of H-pyrrole nitrogens is 1. The molecule has 2 aromatic heterocycles. The summed E-state index contributed by atoms with van der Waals surface area (Å²) >= 11 is 5.94. The van der Waals surface area contributed by atoms with Crippen molar-refractivity contribution < 1.29 is 4.74 Å². The number of halogens is 1. The summed E-state index contributed by atoms with van der Waals surface area (Å²) in [5, 5.41) is 9.22. The highest BCUT2D eigenvalue weighted by Crippen LogP contribution is 2.23. The Balaban J connectivity index is 1.63. The molecule has 1 saturated carbocycles. The Hall–Kier alpha value is -2.08. The van der Waals surface area contributed by atoms with Crippen LogP contribution in [0.25, 0.3) is 0 Å². The maximum atomic E-state index is 11.4. The van der Waals surface area contributed by atoms with E-state index in [1.54, 1.807) is 6.20 Å². The average molecular weight is 335 g/mol. The molecule has 7 heteroatoms. The van der Waals surface area contributed by atoms with Crippen LogP contribution in [0.3, 0.4) is 0 Å². The molecule has 3 rings (SSSR count). The van der Waals surface area contributed by atoms with Crippen molar-refractivity contribution in [3.05, 3.63) is 45.5 Å². The standard InChI is InChI=1S/C16H19ClN4O2/c17-15-13(10-20-21-16(15)22)19-9-11-6-7-18-14(8-11)23-12-4-2-1-3-5-12/h6-8,10,12H,1-5,9H2,(H2,19,21,22). The number of aromatic amines is 1. The van der Waals surface area contributed by atoms with Gasteiger partial charge in [-0.15, -0.1) is 0 Å². The lowest BCUT2D eigenvalue weighted by molar-refractivity contribution is 0.148. The van der Waals surface area contributed by atoms with Crippen molar-refractivity contribution in [2.45, 2.75) is 44.8 Å². The Morgan fingerprint density at radius 2 is 2.17 bits per heavy atom. The predicted octanol–water partition coefficient (Wildman–Crippen LogP) is 3.14. The molecule has 1 aliphatic carbocycles. The fourth-order valence-electron chi connectivity index (χ4n) is 2.68. The van der Waals surface area contributed by atoms with E-state index in [-0.39, 0.29) is 11.1 Å². The molecule has 1 fully saturated rings. The fraction of sp³-hybridized carbons (Fsp3) is 0.438. The van der Waals surface area contributed by atoms with E-state index in [1.165, 1.54) is 25.5 Å². The van der Waals surface area contributed by atoms with Crippen molar-refractivity contribution >= 4 is 17.3 Å². The molecule has 2 heterocycles. The third-order valence-electron chi connectivity index (χ3n) is 3.92. The summed E-state index contributed by atoms with van der Waals surface area (Å²) < 4.78 is 5.96. The van der Waals surface area contributed by atoms with E-state index in [9.17, 15) is 4.79 Å². The Bertz CT molecular complexity index is 713. The number of aromatic nitrogens is 3. The van der Waals surface area contributed by atoms with E-state index in [2.05, 4.69) is 20.5 Å². The van der Waals surface area contributed by atoms with Gasteiger partial charge >= 0.3 is 0 Å².